The summed E-state index contributed by atoms with van der Waals surface area (Å²) in [4.78, 5) is 13.0. The van der Waals surface area contributed by atoms with Gasteiger partial charge in [-0.25, -0.2) is 0 Å². The number of carbonyl (C=O) groups is 1. The molecule has 0 aromatic carbocycles. The van der Waals surface area contributed by atoms with Crippen molar-refractivity contribution in [1.29, 1.82) is 0 Å². The fraction of sp³-hybridized carbons (Fsp3) is 0.545. The van der Waals surface area contributed by atoms with Gasteiger partial charge in [0.15, 0.2) is 0 Å². The van der Waals surface area contributed by atoms with Crippen molar-refractivity contribution < 1.29 is 4.79 Å². The van der Waals surface area contributed by atoms with Crippen LogP contribution in [0.1, 0.15) is 17.7 Å². The highest BCUT2D eigenvalue weighted by molar-refractivity contribution is 7.09. The Labute approximate surface area is 93.9 Å². The summed E-state index contributed by atoms with van der Waals surface area (Å²) in [6.07, 6.45) is 1.94. The molecule has 0 unspecified atom stereocenters. The average molecular weight is 224 g/mol. The number of amides is 1. The van der Waals surface area contributed by atoms with Gasteiger partial charge in [0.05, 0.1) is 6.54 Å². The highest BCUT2D eigenvalue weighted by Gasteiger charge is 2.20. The standard InChI is InChI=1S/C11H16N2OS/c14-11(9-3-5-12-6-4-9)13-8-10-2-1-7-15-10/h1-2,7,9,12H,3-6,8H2,(H,13,14). The van der Waals surface area contributed by atoms with Gasteiger partial charge in [0.1, 0.15) is 0 Å². The smallest absolute Gasteiger partial charge is 0.223 e. The van der Waals surface area contributed by atoms with E-state index < -0.39 is 0 Å². The van der Waals surface area contributed by atoms with Crippen molar-refractivity contribution in [3.8, 4) is 0 Å². The summed E-state index contributed by atoms with van der Waals surface area (Å²) in [5, 5.41) is 8.29. The van der Waals surface area contributed by atoms with E-state index in [-0.39, 0.29) is 11.8 Å². The lowest BCUT2D eigenvalue weighted by Gasteiger charge is -2.21. The molecule has 15 heavy (non-hydrogen) atoms. The molecular formula is C11H16N2OS. The molecule has 2 heterocycles. The zero-order chi connectivity index (χ0) is 10.5. The number of rotatable bonds is 3. The molecule has 0 bridgehead atoms. The summed E-state index contributed by atoms with van der Waals surface area (Å²) in [7, 11) is 0. The number of thiophene rings is 1. The summed E-state index contributed by atoms with van der Waals surface area (Å²) in [5.74, 6) is 0.427. The van der Waals surface area contributed by atoms with Crippen LogP contribution in [-0.2, 0) is 11.3 Å². The summed E-state index contributed by atoms with van der Waals surface area (Å²) in [6.45, 7) is 2.62. The van der Waals surface area contributed by atoms with Crippen LogP contribution in [0.5, 0.6) is 0 Å². The maximum Gasteiger partial charge on any atom is 0.223 e. The molecule has 1 aliphatic heterocycles. The summed E-state index contributed by atoms with van der Waals surface area (Å²) in [6, 6.07) is 4.06. The predicted molar refractivity (Wildman–Crippen MR) is 61.8 cm³/mol. The Morgan fingerprint density at radius 1 is 1.53 bits per heavy atom. The molecule has 0 atom stereocenters. The number of hydrogen-bond donors (Lipinski definition) is 2. The van der Waals surface area contributed by atoms with Gasteiger partial charge in [-0.3, -0.25) is 4.79 Å². The van der Waals surface area contributed by atoms with E-state index in [4.69, 9.17) is 0 Å². The Morgan fingerprint density at radius 2 is 2.33 bits per heavy atom. The van der Waals surface area contributed by atoms with E-state index in [1.165, 1.54) is 4.88 Å². The van der Waals surface area contributed by atoms with Crippen LogP contribution in [0.3, 0.4) is 0 Å². The minimum Gasteiger partial charge on any atom is -0.351 e. The quantitative estimate of drug-likeness (QED) is 0.814. The van der Waals surface area contributed by atoms with Gasteiger partial charge in [0.2, 0.25) is 5.91 Å². The molecule has 1 aromatic heterocycles. The maximum atomic E-state index is 11.8. The van der Waals surface area contributed by atoms with Gasteiger partial charge in [0, 0.05) is 10.8 Å². The first-order valence-electron chi connectivity index (χ1n) is 5.37. The van der Waals surface area contributed by atoms with Gasteiger partial charge < -0.3 is 10.6 Å². The molecular weight excluding hydrogens is 208 g/mol. The molecule has 2 rings (SSSR count). The Hall–Kier alpha value is -0.870. The van der Waals surface area contributed by atoms with Gasteiger partial charge >= 0.3 is 0 Å². The van der Waals surface area contributed by atoms with Gasteiger partial charge in [0.25, 0.3) is 0 Å². The van der Waals surface area contributed by atoms with Crippen LogP contribution in [0, 0.1) is 5.92 Å². The Bertz CT molecular complexity index is 304. The van der Waals surface area contributed by atoms with E-state index in [2.05, 4.69) is 10.6 Å². The van der Waals surface area contributed by atoms with Crippen LogP contribution in [0.15, 0.2) is 17.5 Å². The van der Waals surface area contributed by atoms with Gasteiger partial charge in [-0.05, 0) is 37.4 Å². The molecule has 1 amide bonds. The molecule has 82 valence electrons. The Kier molecular flexibility index (Phi) is 3.75. The lowest BCUT2D eigenvalue weighted by Crippen LogP contribution is -2.37. The normalized spacial score (nSPS) is 17.6. The molecule has 1 aromatic rings. The summed E-state index contributed by atoms with van der Waals surface area (Å²) in [5.41, 5.74) is 0. The van der Waals surface area contributed by atoms with Crippen LogP contribution < -0.4 is 10.6 Å². The van der Waals surface area contributed by atoms with Crippen LogP contribution in [0.4, 0.5) is 0 Å². The third-order valence-corrected chi connectivity index (χ3v) is 3.60. The monoisotopic (exact) mass is 224 g/mol. The second kappa shape index (κ2) is 5.28. The van der Waals surface area contributed by atoms with Crippen molar-refractivity contribution >= 4 is 17.2 Å². The minimum absolute atomic E-state index is 0.213. The molecule has 4 heteroatoms. The van der Waals surface area contributed by atoms with E-state index in [9.17, 15) is 4.79 Å². The van der Waals surface area contributed by atoms with E-state index in [0.29, 0.717) is 6.54 Å². The molecule has 1 fully saturated rings. The zero-order valence-electron chi connectivity index (χ0n) is 8.66. The minimum atomic E-state index is 0.213. The van der Waals surface area contributed by atoms with Gasteiger partial charge in [-0.2, -0.15) is 0 Å². The second-order valence-electron chi connectivity index (χ2n) is 3.82. The lowest BCUT2D eigenvalue weighted by molar-refractivity contribution is -0.125. The first-order chi connectivity index (χ1) is 7.36. The van der Waals surface area contributed by atoms with Crippen molar-refractivity contribution in [2.24, 2.45) is 5.92 Å². The van der Waals surface area contributed by atoms with Crippen molar-refractivity contribution in [3.63, 3.8) is 0 Å². The summed E-state index contributed by atoms with van der Waals surface area (Å²) >= 11 is 1.68. The number of carbonyl (C=O) groups excluding carboxylic acids is 1. The van der Waals surface area contributed by atoms with Crippen molar-refractivity contribution in [2.45, 2.75) is 19.4 Å². The molecule has 0 spiro atoms. The third kappa shape index (κ3) is 3.04. The van der Waals surface area contributed by atoms with E-state index >= 15 is 0 Å². The number of piperidine rings is 1. The third-order valence-electron chi connectivity index (χ3n) is 2.73. The molecule has 3 nitrogen and oxygen atoms in total. The van der Waals surface area contributed by atoms with Crippen LogP contribution >= 0.6 is 11.3 Å². The van der Waals surface area contributed by atoms with E-state index in [1.807, 2.05) is 17.5 Å². The van der Waals surface area contributed by atoms with Crippen LogP contribution in [-0.4, -0.2) is 19.0 Å². The first-order valence-corrected chi connectivity index (χ1v) is 6.25. The number of nitrogens with one attached hydrogen (secondary N) is 2. The largest absolute Gasteiger partial charge is 0.351 e. The average Bonchev–Trinajstić information content (AvgIpc) is 2.80. The van der Waals surface area contributed by atoms with Gasteiger partial charge in [-0.15, -0.1) is 11.3 Å². The summed E-state index contributed by atoms with van der Waals surface area (Å²) < 4.78 is 0. The van der Waals surface area contributed by atoms with Crippen LogP contribution in [0.25, 0.3) is 0 Å². The molecule has 1 saturated heterocycles. The Balaban J connectivity index is 1.76. The predicted octanol–water partition coefficient (Wildman–Crippen LogP) is 1.36. The van der Waals surface area contributed by atoms with E-state index in [1.54, 1.807) is 11.3 Å². The van der Waals surface area contributed by atoms with Crippen molar-refractivity contribution in [1.82, 2.24) is 10.6 Å². The van der Waals surface area contributed by atoms with Crippen molar-refractivity contribution in [2.75, 3.05) is 13.1 Å². The second-order valence-corrected chi connectivity index (χ2v) is 4.85. The SMILES string of the molecule is O=C(NCc1cccs1)C1CCNCC1. The molecule has 0 radical (unpaired) electrons. The highest BCUT2D eigenvalue weighted by atomic mass is 32.1. The highest BCUT2D eigenvalue weighted by Crippen LogP contribution is 2.12. The van der Waals surface area contributed by atoms with E-state index in [0.717, 1.165) is 25.9 Å². The molecule has 0 saturated carbocycles. The molecule has 1 aliphatic rings. The zero-order valence-corrected chi connectivity index (χ0v) is 9.48. The van der Waals surface area contributed by atoms with Gasteiger partial charge in [-0.1, -0.05) is 6.07 Å². The first kappa shape index (κ1) is 10.6. The Morgan fingerprint density at radius 3 is 3.00 bits per heavy atom. The fourth-order valence-corrected chi connectivity index (χ4v) is 2.46. The van der Waals surface area contributed by atoms with Crippen molar-refractivity contribution in [3.05, 3.63) is 22.4 Å². The fourth-order valence-electron chi connectivity index (χ4n) is 1.82. The number of hydrogen-bond acceptors (Lipinski definition) is 3. The maximum absolute atomic E-state index is 11.8. The molecule has 2 N–H and O–H groups in total. The topological polar surface area (TPSA) is 41.1 Å². The van der Waals surface area contributed by atoms with Crippen LogP contribution in [0.2, 0.25) is 0 Å². The lowest BCUT2D eigenvalue weighted by atomic mass is 9.97. The molecule has 0 aliphatic carbocycles.